The number of hydrogen-bond acceptors (Lipinski definition) is 3. The fourth-order valence-electron chi connectivity index (χ4n) is 2.63. The molecule has 1 aromatic carbocycles. The highest BCUT2D eigenvalue weighted by atomic mass is 16.2. The van der Waals surface area contributed by atoms with Crippen LogP contribution in [0, 0.1) is 11.8 Å². The Kier molecular flexibility index (Phi) is 3.92. The van der Waals surface area contributed by atoms with Gasteiger partial charge in [0.1, 0.15) is 0 Å². The Bertz CT molecular complexity index is 554. The Balaban J connectivity index is 1.65. The molecule has 1 aromatic rings. The Morgan fingerprint density at radius 1 is 1.24 bits per heavy atom. The summed E-state index contributed by atoms with van der Waals surface area (Å²) in [4.78, 5) is 24.2. The van der Waals surface area contributed by atoms with Crippen LogP contribution in [0.1, 0.15) is 30.1 Å². The number of carbonyl (C=O) groups is 2. The van der Waals surface area contributed by atoms with Gasteiger partial charge in [-0.1, -0.05) is 13.0 Å². The third kappa shape index (κ3) is 3.42. The summed E-state index contributed by atoms with van der Waals surface area (Å²) < 4.78 is 0. The van der Waals surface area contributed by atoms with Crippen LogP contribution in [0.5, 0.6) is 0 Å². The number of benzene rings is 1. The van der Waals surface area contributed by atoms with Gasteiger partial charge in [0.05, 0.1) is 5.92 Å². The quantitative estimate of drug-likeness (QED) is 0.783. The molecule has 2 unspecified atom stereocenters. The van der Waals surface area contributed by atoms with E-state index in [0.717, 1.165) is 25.9 Å². The molecule has 2 atom stereocenters. The van der Waals surface area contributed by atoms with Crippen molar-refractivity contribution in [1.82, 2.24) is 10.6 Å². The van der Waals surface area contributed by atoms with E-state index in [0.29, 0.717) is 23.2 Å². The van der Waals surface area contributed by atoms with Gasteiger partial charge in [0, 0.05) is 23.8 Å². The lowest BCUT2D eigenvalue weighted by Gasteiger charge is -2.14. The molecule has 1 aliphatic carbocycles. The van der Waals surface area contributed by atoms with Crippen molar-refractivity contribution in [1.29, 1.82) is 0 Å². The molecular formula is C16H21N3O2. The lowest BCUT2D eigenvalue weighted by atomic mass is 9.97. The normalized spacial score (nSPS) is 24.6. The van der Waals surface area contributed by atoms with Crippen LogP contribution in [-0.2, 0) is 4.79 Å². The molecule has 1 saturated heterocycles. The van der Waals surface area contributed by atoms with Crippen molar-refractivity contribution in [2.24, 2.45) is 11.8 Å². The first-order valence-corrected chi connectivity index (χ1v) is 7.56. The average Bonchev–Trinajstić information content (AvgIpc) is 3.17. The Hall–Kier alpha value is -1.88. The largest absolute Gasteiger partial charge is 0.349 e. The highest BCUT2D eigenvalue weighted by Crippen LogP contribution is 2.21. The third-order valence-electron chi connectivity index (χ3n) is 4.16. The van der Waals surface area contributed by atoms with Gasteiger partial charge in [0.15, 0.2) is 0 Å². The van der Waals surface area contributed by atoms with Crippen LogP contribution in [0.4, 0.5) is 5.69 Å². The zero-order chi connectivity index (χ0) is 14.8. The first-order valence-electron chi connectivity index (χ1n) is 7.56. The smallest absolute Gasteiger partial charge is 0.251 e. The predicted octanol–water partition coefficient (Wildman–Crippen LogP) is 1.37. The Labute approximate surface area is 124 Å². The number of amides is 2. The minimum atomic E-state index is -0.0653. The average molecular weight is 287 g/mol. The fourth-order valence-corrected chi connectivity index (χ4v) is 2.63. The maximum absolute atomic E-state index is 12.2. The van der Waals surface area contributed by atoms with Crippen molar-refractivity contribution in [3.63, 3.8) is 0 Å². The summed E-state index contributed by atoms with van der Waals surface area (Å²) in [6, 6.07) is 7.46. The van der Waals surface area contributed by atoms with E-state index in [1.54, 1.807) is 18.2 Å². The summed E-state index contributed by atoms with van der Waals surface area (Å²) in [7, 11) is 0. The van der Waals surface area contributed by atoms with Gasteiger partial charge in [-0.2, -0.15) is 0 Å². The Morgan fingerprint density at radius 3 is 2.71 bits per heavy atom. The summed E-state index contributed by atoms with van der Waals surface area (Å²) in [5, 5.41) is 9.09. The van der Waals surface area contributed by atoms with E-state index in [2.05, 4.69) is 22.9 Å². The van der Waals surface area contributed by atoms with Gasteiger partial charge >= 0.3 is 0 Å². The van der Waals surface area contributed by atoms with Gasteiger partial charge in [-0.15, -0.1) is 0 Å². The summed E-state index contributed by atoms with van der Waals surface area (Å²) in [6.45, 7) is 3.67. The molecule has 2 amide bonds. The molecule has 5 heteroatoms. The highest BCUT2D eigenvalue weighted by molar-refractivity contribution is 5.98. The molecule has 2 aliphatic rings. The molecule has 0 radical (unpaired) electrons. The van der Waals surface area contributed by atoms with Gasteiger partial charge in [-0.25, -0.2) is 0 Å². The van der Waals surface area contributed by atoms with Crippen molar-refractivity contribution < 1.29 is 9.59 Å². The molecule has 0 spiro atoms. The van der Waals surface area contributed by atoms with Crippen LogP contribution in [-0.4, -0.2) is 30.9 Å². The van der Waals surface area contributed by atoms with Crippen molar-refractivity contribution >= 4 is 17.5 Å². The van der Waals surface area contributed by atoms with Crippen LogP contribution in [0.15, 0.2) is 24.3 Å². The number of anilines is 1. The zero-order valence-corrected chi connectivity index (χ0v) is 12.2. The van der Waals surface area contributed by atoms with Crippen LogP contribution < -0.4 is 16.0 Å². The first-order chi connectivity index (χ1) is 10.1. The van der Waals surface area contributed by atoms with E-state index in [-0.39, 0.29) is 17.7 Å². The summed E-state index contributed by atoms with van der Waals surface area (Å²) in [6.07, 6.45) is 2.13. The second-order valence-corrected chi connectivity index (χ2v) is 6.06. The van der Waals surface area contributed by atoms with Gasteiger partial charge in [0.2, 0.25) is 5.91 Å². The second-order valence-electron chi connectivity index (χ2n) is 6.06. The predicted molar refractivity (Wildman–Crippen MR) is 81.1 cm³/mol. The van der Waals surface area contributed by atoms with Crippen molar-refractivity contribution in [2.75, 3.05) is 18.4 Å². The van der Waals surface area contributed by atoms with Crippen LogP contribution in [0.25, 0.3) is 0 Å². The topological polar surface area (TPSA) is 70.2 Å². The van der Waals surface area contributed by atoms with E-state index in [9.17, 15) is 9.59 Å². The van der Waals surface area contributed by atoms with Crippen molar-refractivity contribution in [2.45, 2.75) is 25.8 Å². The SMILES string of the molecule is CC1CNCC1C(=O)Nc1cccc(C(=O)NC2CC2)c1. The van der Waals surface area contributed by atoms with E-state index < -0.39 is 0 Å². The molecule has 3 N–H and O–H groups in total. The van der Waals surface area contributed by atoms with Crippen LogP contribution in [0.2, 0.25) is 0 Å². The minimum Gasteiger partial charge on any atom is -0.349 e. The van der Waals surface area contributed by atoms with E-state index in [1.165, 1.54) is 0 Å². The van der Waals surface area contributed by atoms with Crippen molar-refractivity contribution in [3.8, 4) is 0 Å². The van der Waals surface area contributed by atoms with Crippen LogP contribution >= 0.6 is 0 Å². The maximum Gasteiger partial charge on any atom is 0.251 e. The first kappa shape index (κ1) is 14.1. The lowest BCUT2D eigenvalue weighted by Crippen LogP contribution is -2.28. The van der Waals surface area contributed by atoms with Gasteiger partial charge < -0.3 is 16.0 Å². The Morgan fingerprint density at radius 2 is 2.05 bits per heavy atom. The van der Waals surface area contributed by atoms with Crippen molar-refractivity contribution in [3.05, 3.63) is 29.8 Å². The lowest BCUT2D eigenvalue weighted by molar-refractivity contribution is -0.120. The highest BCUT2D eigenvalue weighted by Gasteiger charge is 2.29. The minimum absolute atomic E-state index is 0.00560. The zero-order valence-electron chi connectivity index (χ0n) is 12.2. The molecule has 1 saturated carbocycles. The van der Waals surface area contributed by atoms with Crippen LogP contribution in [0.3, 0.4) is 0 Å². The molecule has 0 bridgehead atoms. The summed E-state index contributed by atoms with van der Waals surface area (Å²) >= 11 is 0. The molecule has 5 nitrogen and oxygen atoms in total. The number of rotatable bonds is 4. The molecular weight excluding hydrogens is 266 g/mol. The maximum atomic E-state index is 12.2. The summed E-state index contributed by atoms with van der Waals surface area (Å²) in [5.74, 6) is 0.289. The molecule has 21 heavy (non-hydrogen) atoms. The van der Waals surface area contributed by atoms with E-state index in [4.69, 9.17) is 0 Å². The number of carbonyl (C=O) groups excluding carboxylic acids is 2. The van der Waals surface area contributed by atoms with Gasteiger partial charge in [-0.05, 0) is 43.5 Å². The molecule has 0 aromatic heterocycles. The van der Waals surface area contributed by atoms with Gasteiger partial charge in [-0.3, -0.25) is 9.59 Å². The fraction of sp³-hybridized carbons (Fsp3) is 0.500. The monoisotopic (exact) mass is 287 g/mol. The van der Waals surface area contributed by atoms with E-state index in [1.807, 2.05) is 6.07 Å². The molecule has 1 heterocycles. The number of nitrogens with one attached hydrogen (secondary N) is 3. The van der Waals surface area contributed by atoms with Gasteiger partial charge in [0.25, 0.3) is 5.91 Å². The molecule has 2 fully saturated rings. The molecule has 3 rings (SSSR count). The molecule has 1 aliphatic heterocycles. The second kappa shape index (κ2) is 5.85. The standard InChI is InChI=1S/C16H21N3O2/c1-10-8-17-9-14(10)16(21)19-13-4-2-3-11(7-13)15(20)18-12-5-6-12/h2-4,7,10,12,14,17H,5-6,8-9H2,1H3,(H,18,20)(H,19,21). The third-order valence-corrected chi connectivity index (χ3v) is 4.16. The summed E-state index contributed by atoms with van der Waals surface area (Å²) in [5.41, 5.74) is 1.28. The van der Waals surface area contributed by atoms with E-state index >= 15 is 0 Å². The number of hydrogen-bond donors (Lipinski definition) is 3. The molecule has 112 valence electrons.